The van der Waals surface area contributed by atoms with E-state index in [0.717, 1.165) is 30.0 Å². The van der Waals surface area contributed by atoms with E-state index >= 15 is 0 Å². The summed E-state index contributed by atoms with van der Waals surface area (Å²) in [5, 5.41) is 8.12. The van der Waals surface area contributed by atoms with Crippen LogP contribution in [0.25, 0.3) is 11.4 Å². The second kappa shape index (κ2) is 10.0. The van der Waals surface area contributed by atoms with Gasteiger partial charge in [-0.2, -0.15) is 4.98 Å². The van der Waals surface area contributed by atoms with Crippen molar-refractivity contribution in [1.82, 2.24) is 15.0 Å². The van der Waals surface area contributed by atoms with Crippen LogP contribution in [0.4, 0.5) is 5.69 Å². The lowest BCUT2D eigenvalue weighted by Gasteiger charge is -2.30. The van der Waals surface area contributed by atoms with Gasteiger partial charge in [-0.3, -0.25) is 9.69 Å². The number of benzene rings is 2. The van der Waals surface area contributed by atoms with Gasteiger partial charge in [-0.1, -0.05) is 34.4 Å². The zero-order chi connectivity index (χ0) is 21.8. The number of nitrogens with one attached hydrogen (secondary N) is 1. The minimum atomic E-state index is -0.0835. The van der Waals surface area contributed by atoms with Crippen LogP contribution in [0.1, 0.15) is 18.7 Å². The van der Waals surface area contributed by atoms with Crippen LogP contribution in [0.15, 0.2) is 51.9 Å². The molecule has 2 aromatic carbocycles. The summed E-state index contributed by atoms with van der Waals surface area (Å²) in [5.41, 5.74) is 1.50. The average Bonchev–Trinajstić information content (AvgIpc) is 3.22. The van der Waals surface area contributed by atoms with E-state index in [2.05, 4.69) is 20.4 Å². The Balaban J connectivity index is 1.38. The quantitative estimate of drug-likeness (QED) is 0.465. The molecule has 1 aliphatic heterocycles. The van der Waals surface area contributed by atoms with Crippen LogP contribution in [0.5, 0.6) is 0 Å². The monoisotopic (exact) mass is 476 g/mol. The molecule has 0 bridgehead atoms. The largest absolute Gasteiger partial charge is 0.338 e. The van der Waals surface area contributed by atoms with Crippen LogP contribution in [-0.2, 0) is 11.3 Å². The summed E-state index contributed by atoms with van der Waals surface area (Å²) in [6.45, 7) is 2.02. The number of hydrogen-bond acceptors (Lipinski definition) is 6. The fraction of sp³-hybridized carbons (Fsp3) is 0.318. The number of carbonyl (C=O) groups is 1. The lowest BCUT2D eigenvalue weighted by molar-refractivity contribution is -0.121. The Hall–Kier alpha value is -2.06. The number of thioether (sulfide) groups is 1. The molecule has 6 nitrogen and oxygen atoms in total. The molecule has 1 N–H and O–H groups in total. The number of aromatic nitrogens is 2. The van der Waals surface area contributed by atoms with Gasteiger partial charge in [-0.15, -0.1) is 11.8 Å². The Morgan fingerprint density at radius 3 is 2.97 bits per heavy atom. The number of likely N-dealkylation sites (tertiary alicyclic amines) is 1. The first-order valence-electron chi connectivity index (χ1n) is 9.97. The van der Waals surface area contributed by atoms with Gasteiger partial charge in [-0.25, -0.2) is 0 Å². The maximum Gasteiger partial charge on any atom is 0.241 e. The van der Waals surface area contributed by atoms with Crippen molar-refractivity contribution in [3.8, 4) is 11.4 Å². The highest BCUT2D eigenvalue weighted by molar-refractivity contribution is 7.98. The number of anilines is 1. The molecule has 162 valence electrons. The summed E-state index contributed by atoms with van der Waals surface area (Å²) in [6, 6.07) is 13.0. The maximum absolute atomic E-state index is 12.8. The van der Waals surface area contributed by atoms with Gasteiger partial charge in [0.05, 0.1) is 17.5 Å². The van der Waals surface area contributed by atoms with Crippen molar-refractivity contribution in [2.24, 2.45) is 5.92 Å². The zero-order valence-electron chi connectivity index (χ0n) is 17.0. The molecule has 1 aromatic heterocycles. The van der Waals surface area contributed by atoms with E-state index in [-0.39, 0.29) is 11.8 Å². The highest BCUT2D eigenvalue weighted by Crippen LogP contribution is 2.29. The summed E-state index contributed by atoms with van der Waals surface area (Å²) in [6.07, 6.45) is 3.82. The van der Waals surface area contributed by atoms with Crippen LogP contribution in [0.3, 0.4) is 0 Å². The first-order chi connectivity index (χ1) is 15.0. The lowest BCUT2D eigenvalue weighted by Crippen LogP contribution is -2.40. The van der Waals surface area contributed by atoms with Crippen molar-refractivity contribution in [1.29, 1.82) is 0 Å². The third-order valence-corrected chi connectivity index (χ3v) is 6.49. The molecule has 0 spiro atoms. The van der Waals surface area contributed by atoms with Gasteiger partial charge in [0, 0.05) is 27.7 Å². The highest BCUT2D eigenvalue weighted by atomic mass is 35.5. The number of amides is 1. The van der Waals surface area contributed by atoms with E-state index in [0.29, 0.717) is 40.4 Å². The summed E-state index contributed by atoms with van der Waals surface area (Å²) in [5.74, 6) is 0.883. The van der Waals surface area contributed by atoms with Crippen molar-refractivity contribution in [2.75, 3.05) is 24.7 Å². The smallest absolute Gasteiger partial charge is 0.241 e. The third-order valence-electron chi connectivity index (χ3n) is 5.21. The molecule has 0 aliphatic carbocycles. The Bertz CT molecular complexity index is 1080. The number of hydrogen-bond donors (Lipinski definition) is 1. The Kier molecular flexibility index (Phi) is 7.17. The van der Waals surface area contributed by atoms with E-state index in [1.807, 2.05) is 30.5 Å². The van der Waals surface area contributed by atoms with E-state index in [1.165, 1.54) is 0 Å². The molecule has 1 aliphatic rings. The molecule has 1 fully saturated rings. The zero-order valence-corrected chi connectivity index (χ0v) is 19.3. The Labute approximate surface area is 195 Å². The van der Waals surface area contributed by atoms with Crippen LogP contribution in [0, 0.1) is 5.92 Å². The van der Waals surface area contributed by atoms with Gasteiger partial charge in [-0.05, 0) is 62.0 Å². The topological polar surface area (TPSA) is 71.3 Å². The van der Waals surface area contributed by atoms with E-state index in [4.69, 9.17) is 27.7 Å². The predicted molar refractivity (Wildman–Crippen MR) is 125 cm³/mol. The molecule has 4 rings (SSSR count). The predicted octanol–water partition coefficient (Wildman–Crippen LogP) is 5.62. The SMILES string of the molecule is CSc1cccc(NC(=O)C2CCCN(Cc3nc(-c4ccc(Cl)cc4Cl)no3)C2)c1. The number of piperidine rings is 1. The van der Waals surface area contributed by atoms with Crippen LogP contribution in [0.2, 0.25) is 10.0 Å². The number of rotatable bonds is 6. The van der Waals surface area contributed by atoms with Gasteiger partial charge in [0.1, 0.15) is 0 Å². The standard InChI is InChI=1S/C22H22Cl2N4O2S/c1-31-17-6-2-5-16(11-17)25-22(29)14-4-3-9-28(12-14)13-20-26-21(27-30-20)18-8-7-15(23)10-19(18)24/h2,5-8,10-11,14H,3-4,9,12-13H2,1H3,(H,25,29). The fourth-order valence-electron chi connectivity index (χ4n) is 3.65. The average molecular weight is 477 g/mol. The highest BCUT2D eigenvalue weighted by Gasteiger charge is 2.27. The van der Waals surface area contributed by atoms with Gasteiger partial charge in [0.15, 0.2) is 0 Å². The van der Waals surface area contributed by atoms with E-state index in [1.54, 1.807) is 30.0 Å². The molecule has 9 heteroatoms. The van der Waals surface area contributed by atoms with Crippen molar-refractivity contribution in [3.05, 3.63) is 58.4 Å². The minimum Gasteiger partial charge on any atom is -0.338 e. The summed E-state index contributed by atoms with van der Waals surface area (Å²) in [7, 11) is 0. The molecule has 0 radical (unpaired) electrons. The molecule has 3 aromatic rings. The maximum atomic E-state index is 12.8. The van der Waals surface area contributed by atoms with Gasteiger partial charge < -0.3 is 9.84 Å². The molecule has 2 heterocycles. The molecule has 0 saturated carbocycles. The van der Waals surface area contributed by atoms with Crippen molar-refractivity contribution >= 4 is 46.6 Å². The lowest BCUT2D eigenvalue weighted by atomic mass is 9.97. The molecular formula is C22H22Cl2N4O2S. The first-order valence-corrected chi connectivity index (χ1v) is 11.9. The normalized spacial score (nSPS) is 16.9. The van der Waals surface area contributed by atoms with Crippen molar-refractivity contribution in [3.63, 3.8) is 0 Å². The Morgan fingerprint density at radius 1 is 1.29 bits per heavy atom. The molecular weight excluding hydrogens is 455 g/mol. The van der Waals surface area contributed by atoms with E-state index in [9.17, 15) is 4.79 Å². The van der Waals surface area contributed by atoms with Gasteiger partial charge in [0.2, 0.25) is 17.6 Å². The van der Waals surface area contributed by atoms with Gasteiger partial charge in [0.25, 0.3) is 0 Å². The Morgan fingerprint density at radius 2 is 2.16 bits per heavy atom. The van der Waals surface area contributed by atoms with Crippen LogP contribution < -0.4 is 5.32 Å². The summed E-state index contributed by atoms with van der Waals surface area (Å²) >= 11 is 13.8. The minimum absolute atomic E-state index is 0.0436. The third kappa shape index (κ3) is 5.60. The van der Waals surface area contributed by atoms with Crippen LogP contribution in [-0.4, -0.2) is 40.3 Å². The summed E-state index contributed by atoms with van der Waals surface area (Å²) in [4.78, 5) is 20.6. The molecule has 31 heavy (non-hydrogen) atoms. The van der Waals surface area contributed by atoms with Gasteiger partial charge >= 0.3 is 0 Å². The molecule has 1 amide bonds. The molecule has 1 unspecified atom stereocenters. The van der Waals surface area contributed by atoms with Crippen molar-refractivity contribution < 1.29 is 9.32 Å². The van der Waals surface area contributed by atoms with Crippen molar-refractivity contribution in [2.45, 2.75) is 24.3 Å². The second-order valence-electron chi connectivity index (χ2n) is 7.43. The van der Waals surface area contributed by atoms with E-state index < -0.39 is 0 Å². The number of halogens is 2. The second-order valence-corrected chi connectivity index (χ2v) is 9.15. The summed E-state index contributed by atoms with van der Waals surface area (Å²) < 4.78 is 5.43. The molecule has 1 saturated heterocycles. The van der Waals surface area contributed by atoms with Crippen LogP contribution >= 0.6 is 35.0 Å². The number of nitrogens with zero attached hydrogens (tertiary/aromatic N) is 3. The fourth-order valence-corrected chi connectivity index (χ4v) is 4.60. The number of carbonyl (C=O) groups excluding carboxylic acids is 1. The first kappa shape index (κ1) is 22.1. The molecule has 1 atom stereocenters.